The Balaban J connectivity index is 2.37. The number of pyridine rings is 1. The summed E-state index contributed by atoms with van der Waals surface area (Å²) >= 11 is 7.55. The van der Waals surface area contributed by atoms with Crippen LogP contribution >= 0.6 is 22.9 Å². The van der Waals surface area contributed by atoms with E-state index in [2.05, 4.69) is 4.98 Å². The van der Waals surface area contributed by atoms with E-state index >= 15 is 0 Å². The maximum atomic E-state index is 10.1. The molecule has 0 bridgehead atoms. The maximum absolute atomic E-state index is 10.1. The van der Waals surface area contributed by atoms with Crippen molar-refractivity contribution >= 4 is 22.9 Å². The van der Waals surface area contributed by atoms with Gasteiger partial charge in [0.2, 0.25) is 0 Å². The Bertz CT molecular complexity index is 455. The topological polar surface area (TPSA) is 33.1 Å². The van der Waals surface area contributed by atoms with Crippen molar-refractivity contribution in [2.75, 3.05) is 0 Å². The van der Waals surface area contributed by atoms with Crippen molar-refractivity contribution < 1.29 is 5.11 Å². The van der Waals surface area contributed by atoms with Crippen LogP contribution in [-0.4, -0.2) is 10.1 Å². The van der Waals surface area contributed by atoms with E-state index in [1.54, 1.807) is 18.5 Å². The molecule has 0 amide bonds. The summed E-state index contributed by atoms with van der Waals surface area (Å²) in [6.45, 7) is 1.93. The van der Waals surface area contributed by atoms with Crippen LogP contribution in [0.15, 0.2) is 29.9 Å². The van der Waals surface area contributed by atoms with E-state index in [1.165, 1.54) is 11.3 Å². The first-order chi connectivity index (χ1) is 7.20. The predicted octanol–water partition coefficient (Wildman–Crippen LogP) is 3.19. The third-order valence-electron chi connectivity index (χ3n) is 2.17. The number of rotatable bonds is 2. The summed E-state index contributed by atoms with van der Waals surface area (Å²) in [7, 11) is 0. The number of thiophene rings is 1. The largest absolute Gasteiger partial charge is 0.383 e. The number of halogens is 1. The van der Waals surface area contributed by atoms with E-state index in [0.29, 0.717) is 5.02 Å². The standard InChI is InChI=1S/C11H10ClNOS/c1-7-6-15-11(9(7)12)10(14)8-3-2-4-13-5-8/h2-6,10,14H,1H3. The average molecular weight is 240 g/mol. The highest BCUT2D eigenvalue weighted by Crippen LogP contribution is 2.35. The average Bonchev–Trinajstić information content (AvgIpc) is 2.60. The van der Waals surface area contributed by atoms with E-state index in [9.17, 15) is 5.11 Å². The molecule has 0 aliphatic heterocycles. The van der Waals surface area contributed by atoms with Crippen molar-refractivity contribution in [3.05, 3.63) is 50.9 Å². The second-order valence-corrected chi connectivity index (χ2v) is 4.58. The van der Waals surface area contributed by atoms with Gasteiger partial charge in [-0.15, -0.1) is 11.3 Å². The second kappa shape index (κ2) is 4.31. The number of aromatic nitrogens is 1. The van der Waals surface area contributed by atoms with Gasteiger partial charge in [-0.2, -0.15) is 0 Å². The summed E-state index contributed by atoms with van der Waals surface area (Å²) in [5.41, 5.74) is 1.76. The fourth-order valence-electron chi connectivity index (χ4n) is 1.32. The quantitative estimate of drug-likeness (QED) is 0.873. The molecule has 0 aliphatic carbocycles. The minimum absolute atomic E-state index is 0.649. The number of aliphatic hydroxyl groups is 1. The van der Waals surface area contributed by atoms with Crippen molar-refractivity contribution in [3.8, 4) is 0 Å². The monoisotopic (exact) mass is 239 g/mol. The van der Waals surface area contributed by atoms with E-state index < -0.39 is 6.10 Å². The molecular weight excluding hydrogens is 230 g/mol. The van der Waals surface area contributed by atoms with Gasteiger partial charge < -0.3 is 5.11 Å². The van der Waals surface area contributed by atoms with Crippen molar-refractivity contribution in [2.24, 2.45) is 0 Å². The molecule has 78 valence electrons. The van der Waals surface area contributed by atoms with Gasteiger partial charge in [0.1, 0.15) is 6.10 Å². The Kier molecular flexibility index (Phi) is 3.05. The summed E-state index contributed by atoms with van der Waals surface area (Å²) < 4.78 is 0. The molecule has 0 fully saturated rings. The van der Waals surface area contributed by atoms with Crippen molar-refractivity contribution in [2.45, 2.75) is 13.0 Å². The minimum atomic E-state index is -0.676. The lowest BCUT2D eigenvalue weighted by Gasteiger charge is -2.08. The molecule has 1 atom stereocenters. The molecule has 0 radical (unpaired) electrons. The third-order valence-corrected chi connectivity index (χ3v) is 3.94. The molecule has 2 aromatic heterocycles. The molecule has 2 rings (SSSR count). The van der Waals surface area contributed by atoms with Crippen molar-refractivity contribution in [1.82, 2.24) is 4.98 Å². The van der Waals surface area contributed by atoms with Gasteiger partial charge in [-0.05, 0) is 23.9 Å². The SMILES string of the molecule is Cc1csc(C(O)c2cccnc2)c1Cl. The number of hydrogen-bond acceptors (Lipinski definition) is 3. The Labute approximate surface area is 97.2 Å². The number of hydrogen-bond donors (Lipinski definition) is 1. The molecule has 2 nitrogen and oxygen atoms in total. The summed E-state index contributed by atoms with van der Waals surface area (Å²) in [4.78, 5) is 4.75. The van der Waals surface area contributed by atoms with Crippen molar-refractivity contribution in [3.63, 3.8) is 0 Å². The zero-order valence-corrected chi connectivity index (χ0v) is 9.72. The third kappa shape index (κ3) is 2.04. The summed E-state index contributed by atoms with van der Waals surface area (Å²) in [5, 5.41) is 12.7. The first-order valence-corrected chi connectivity index (χ1v) is 5.77. The molecule has 0 saturated carbocycles. The van der Waals surface area contributed by atoms with Crippen LogP contribution in [0.1, 0.15) is 22.1 Å². The second-order valence-electron chi connectivity index (χ2n) is 3.29. The molecule has 0 aromatic carbocycles. The highest BCUT2D eigenvalue weighted by Gasteiger charge is 2.17. The lowest BCUT2D eigenvalue weighted by molar-refractivity contribution is 0.224. The molecule has 0 spiro atoms. The van der Waals surface area contributed by atoms with Crippen LogP contribution in [0, 0.1) is 6.92 Å². The van der Waals surface area contributed by atoms with Gasteiger partial charge >= 0.3 is 0 Å². The Hall–Kier alpha value is -0.900. The molecule has 0 aliphatic rings. The van der Waals surface area contributed by atoms with E-state index in [1.807, 2.05) is 18.4 Å². The predicted molar refractivity (Wildman–Crippen MR) is 62.4 cm³/mol. The fraction of sp³-hybridized carbons (Fsp3) is 0.182. The zero-order chi connectivity index (χ0) is 10.8. The van der Waals surface area contributed by atoms with Crippen LogP contribution in [0.25, 0.3) is 0 Å². The normalized spacial score (nSPS) is 12.7. The fourth-order valence-corrected chi connectivity index (χ4v) is 2.63. The van der Waals surface area contributed by atoms with Crippen LogP contribution in [0.4, 0.5) is 0 Å². The molecule has 0 saturated heterocycles. The van der Waals surface area contributed by atoms with Gasteiger partial charge in [0.15, 0.2) is 0 Å². The lowest BCUT2D eigenvalue weighted by atomic mass is 10.1. The van der Waals surface area contributed by atoms with E-state index in [4.69, 9.17) is 11.6 Å². The first-order valence-electron chi connectivity index (χ1n) is 4.51. The zero-order valence-electron chi connectivity index (χ0n) is 8.14. The highest BCUT2D eigenvalue weighted by molar-refractivity contribution is 7.10. The minimum Gasteiger partial charge on any atom is -0.383 e. The number of aliphatic hydroxyl groups excluding tert-OH is 1. The summed E-state index contributed by atoms with van der Waals surface area (Å²) in [5.74, 6) is 0. The molecular formula is C11H10ClNOS. The summed E-state index contributed by atoms with van der Waals surface area (Å²) in [6.07, 6.45) is 2.65. The van der Waals surface area contributed by atoms with Crippen LogP contribution in [0.3, 0.4) is 0 Å². The van der Waals surface area contributed by atoms with Crippen LogP contribution in [0.2, 0.25) is 5.02 Å². The van der Waals surface area contributed by atoms with Gasteiger partial charge in [-0.3, -0.25) is 4.98 Å². The molecule has 1 unspecified atom stereocenters. The Morgan fingerprint density at radius 3 is 2.87 bits per heavy atom. The van der Waals surface area contributed by atoms with Crippen LogP contribution in [0.5, 0.6) is 0 Å². The molecule has 4 heteroatoms. The lowest BCUT2D eigenvalue weighted by Crippen LogP contribution is -1.98. The Morgan fingerprint density at radius 2 is 2.33 bits per heavy atom. The number of aryl methyl sites for hydroxylation is 1. The molecule has 2 aromatic rings. The smallest absolute Gasteiger partial charge is 0.116 e. The van der Waals surface area contributed by atoms with Gasteiger partial charge in [-0.1, -0.05) is 17.7 Å². The van der Waals surface area contributed by atoms with E-state index in [0.717, 1.165) is 16.0 Å². The van der Waals surface area contributed by atoms with Crippen LogP contribution < -0.4 is 0 Å². The molecule has 15 heavy (non-hydrogen) atoms. The molecule has 1 N–H and O–H groups in total. The first kappa shape index (κ1) is 10.6. The van der Waals surface area contributed by atoms with Gasteiger partial charge in [-0.25, -0.2) is 0 Å². The number of nitrogens with zero attached hydrogens (tertiary/aromatic N) is 1. The molecule has 2 heterocycles. The van der Waals surface area contributed by atoms with Crippen LogP contribution in [-0.2, 0) is 0 Å². The van der Waals surface area contributed by atoms with Gasteiger partial charge in [0, 0.05) is 18.0 Å². The summed E-state index contributed by atoms with van der Waals surface area (Å²) in [6, 6.07) is 3.63. The van der Waals surface area contributed by atoms with Gasteiger partial charge in [0.25, 0.3) is 0 Å². The maximum Gasteiger partial charge on any atom is 0.116 e. The van der Waals surface area contributed by atoms with E-state index in [-0.39, 0.29) is 0 Å². The Morgan fingerprint density at radius 1 is 1.53 bits per heavy atom. The highest BCUT2D eigenvalue weighted by atomic mass is 35.5. The van der Waals surface area contributed by atoms with Crippen molar-refractivity contribution in [1.29, 1.82) is 0 Å². The van der Waals surface area contributed by atoms with Gasteiger partial charge in [0.05, 0.1) is 9.90 Å².